The number of ether oxygens (including phenoxy) is 1. The molecule has 0 bridgehead atoms. The average Bonchev–Trinajstić information content (AvgIpc) is 3.05. The van der Waals surface area contributed by atoms with Crippen LogP contribution in [0.5, 0.6) is 0 Å². The van der Waals surface area contributed by atoms with Crippen molar-refractivity contribution in [2.45, 2.75) is 77.1 Å². The molecular weight excluding hydrogens is 705 g/mol. The van der Waals surface area contributed by atoms with Gasteiger partial charge in [0, 0.05) is 24.4 Å². The predicted octanol–water partition coefficient (Wildman–Crippen LogP) is 8.70. The Morgan fingerprint density at radius 1 is 1.04 bits per heavy atom. The van der Waals surface area contributed by atoms with Gasteiger partial charge in [-0.25, -0.2) is 8.78 Å². The molecule has 1 N–H and O–H groups in total. The number of halogens is 6. The van der Waals surface area contributed by atoms with Gasteiger partial charge in [0.05, 0.1) is 29.7 Å². The highest BCUT2D eigenvalue weighted by Crippen LogP contribution is 2.37. The molecule has 52 heavy (non-hydrogen) atoms. The van der Waals surface area contributed by atoms with Crippen molar-refractivity contribution in [2.75, 3.05) is 27.2 Å². The second-order valence-electron chi connectivity index (χ2n) is 12.8. The minimum atomic E-state index is -4.82. The van der Waals surface area contributed by atoms with E-state index in [0.29, 0.717) is 34.7 Å². The number of benzene rings is 2. The number of rotatable bonds is 18. The average molecular weight is 750 g/mol. The number of carbonyl (C=O) groups is 2. The van der Waals surface area contributed by atoms with Gasteiger partial charge in [-0.2, -0.15) is 13.2 Å². The standard InChI is InChI=1S/C39H45ClF5N3O4/c1-7-10-11-12-14-25-18-28(41)17-24(4)36(25)27-19-29(37(42)31(40)20-27)32(22-35(50)52-9-3)46-38(51)33(13-8-2)48-23-26(15-16-47(5)6)30(21-34(48)49)39(43,44)45/h7-8,17-21,23,32-33H,1-2,9-16,22H2,3-6H3,(H,46,51)/t32-,33-/m0/s1. The molecule has 1 amide bonds. The number of nitrogens with zero attached hydrogens (tertiary/aromatic N) is 2. The van der Waals surface area contributed by atoms with Crippen LogP contribution in [0.1, 0.15) is 78.9 Å². The molecule has 0 fully saturated rings. The van der Waals surface area contributed by atoms with E-state index >= 15 is 4.39 Å². The summed E-state index contributed by atoms with van der Waals surface area (Å²) >= 11 is 6.44. The summed E-state index contributed by atoms with van der Waals surface area (Å²) in [7, 11) is 3.37. The van der Waals surface area contributed by atoms with Crippen LogP contribution in [0.3, 0.4) is 0 Å². The van der Waals surface area contributed by atoms with Gasteiger partial charge in [0.1, 0.15) is 17.7 Å². The first-order valence-electron chi connectivity index (χ1n) is 16.9. The highest BCUT2D eigenvalue weighted by Gasteiger charge is 2.36. The molecule has 0 saturated heterocycles. The summed E-state index contributed by atoms with van der Waals surface area (Å²) in [6.07, 6.45) is 1.28. The number of amides is 1. The molecule has 2 aromatic carbocycles. The van der Waals surface area contributed by atoms with Gasteiger partial charge in [-0.15, -0.1) is 13.2 Å². The number of unbranched alkanes of at least 4 members (excludes halogenated alkanes) is 2. The zero-order chi connectivity index (χ0) is 38.7. The molecule has 7 nitrogen and oxygen atoms in total. The Hall–Kier alpha value is -4.29. The lowest BCUT2D eigenvalue weighted by atomic mass is 9.89. The Labute approximate surface area is 306 Å². The number of pyridine rings is 1. The number of allylic oxidation sites excluding steroid dienone is 2. The smallest absolute Gasteiger partial charge is 0.416 e. The monoisotopic (exact) mass is 749 g/mol. The number of likely N-dealkylation sites (N-methyl/N-ethyl adjacent to an activating group) is 1. The Morgan fingerprint density at radius 3 is 2.37 bits per heavy atom. The molecular formula is C39H45ClF5N3O4. The van der Waals surface area contributed by atoms with Crippen LogP contribution in [-0.2, 0) is 33.3 Å². The summed E-state index contributed by atoms with van der Waals surface area (Å²) in [5.41, 5.74) is -0.370. The van der Waals surface area contributed by atoms with Crippen LogP contribution in [0, 0.1) is 18.6 Å². The van der Waals surface area contributed by atoms with Crippen molar-refractivity contribution in [3.63, 3.8) is 0 Å². The van der Waals surface area contributed by atoms with Crippen LogP contribution in [0.25, 0.3) is 11.1 Å². The fourth-order valence-electron chi connectivity index (χ4n) is 6.08. The van der Waals surface area contributed by atoms with Gasteiger partial charge in [-0.3, -0.25) is 14.4 Å². The summed E-state index contributed by atoms with van der Waals surface area (Å²) in [6, 6.07) is 3.18. The maximum atomic E-state index is 16.0. The van der Waals surface area contributed by atoms with E-state index in [1.807, 2.05) is 0 Å². The van der Waals surface area contributed by atoms with Gasteiger partial charge >= 0.3 is 12.1 Å². The first kappa shape index (κ1) is 42.1. The minimum absolute atomic E-state index is 0.0114. The minimum Gasteiger partial charge on any atom is -0.466 e. The van der Waals surface area contributed by atoms with Crippen LogP contribution in [0.15, 0.2) is 66.6 Å². The first-order chi connectivity index (χ1) is 24.5. The van der Waals surface area contributed by atoms with Crippen molar-refractivity contribution < 1.29 is 36.3 Å². The molecule has 2 atom stereocenters. The molecule has 0 aliphatic carbocycles. The Kier molecular flexibility index (Phi) is 15.4. The van der Waals surface area contributed by atoms with Crippen molar-refractivity contribution in [2.24, 2.45) is 0 Å². The number of hydrogen-bond donors (Lipinski definition) is 1. The Morgan fingerprint density at radius 2 is 1.75 bits per heavy atom. The van der Waals surface area contributed by atoms with E-state index in [2.05, 4.69) is 18.5 Å². The highest BCUT2D eigenvalue weighted by molar-refractivity contribution is 6.31. The number of nitrogens with one attached hydrogen (secondary N) is 1. The largest absolute Gasteiger partial charge is 0.466 e. The van der Waals surface area contributed by atoms with Crippen molar-refractivity contribution >= 4 is 23.5 Å². The summed E-state index contributed by atoms with van der Waals surface area (Å²) in [6.45, 7) is 10.9. The van der Waals surface area contributed by atoms with E-state index in [0.717, 1.165) is 30.0 Å². The third kappa shape index (κ3) is 11.1. The zero-order valence-corrected chi connectivity index (χ0v) is 30.6. The zero-order valence-electron chi connectivity index (χ0n) is 29.8. The fourth-order valence-corrected chi connectivity index (χ4v) is 6.30. The van der Waals surface area contributed by atoms with E-state index in [-0.39, 0.29) is 42.1 Å². The SMILES string of the molecule is C=CCCCCc1cc(F)cc(C)c1-c1cc(Cl)c(F)c([C@H](CC(=O)OCC)NC(=O)[C@H](CC=C)n2cc(CCN(C)C)c(C(F)(F)F)cc2=O)c1. The summed E-state index contributed by atoms with van der Waals surface area (Å²) in [5, 5.41) is 2.31. The molecule has 0 spiro atoms. The molecule has 1 aromatic heterocycles. The molecule has 3 aromatic rings. The van der Waals surface area contributed by atoms with Crippen LogP contribution in [0.2, 0.25) is 5.02 Å². The lowest BCUT2D eigenvalue weighted by Crippen LogP contribution is -2.40. The molecule has 3 rings (SSSR count). The Bertz CT molecular complexity index is 1820. The van der Waals surface area contributed by atoms with Gasteiger partial charge in [-0.05, 0) is 119 Å². The highest BCUT2D eigenvalue weighted by atomic mass is 35.5. The van der Waals surface area contributed by atoms with Gasteiger partial charge in [0.25, 0.3) is 5.56 Å². The molecule has 282 valence electrons. The molecule has 13 heteroatoms. The van der Waals surface area contributed by atoms with Gasteiger partial charge in [-0.1, -0.05) is 23.8 Å². The third-order valence-corrected chi connectivity index (χ3v) is 8.80. The van der Waals surface area contributed by atoms with Crippen LogP contribution in [-0.4, -0.2) is 48.6 Å². The number of aryl methyl sites for hydroxylation is 2. The van der Waals surface area contributed by atoms with Gasteiger partial charge in [0.2, 0.25) is 5.91 Å². The molecule has 0 aliphatic rings. The number of aromatic nitrogens is 1. The van der Waals surface area contributed by atoms with E-state index < -0.39 is 59.3 Å². The number of alkyl halides is 3. The quantitative estimate of drug-likeness (QED) is 0.0610. The number of hydrogen-bond acceptors (Lipinski definition) is 5. The normalized spacial score (nSPS) is 12.8. The van der Waals surface area contributed by atoms with E-state index in [4.69, 9.17) is 16.3 Å². The molecule has 1 heterocycles. The lowest BCUT2D eigenvalue weighted by Gasteiger charge is -2.26. The number of carbonyl (C=O) groups excluding carboxylic acids is 2. The van der Waals surface area contributed by atoms with Crippen molar-refractivity contribution in [3.8, 4) is 11.1 Å². The van der Waals surface area contributed by atoms with E-state index in [1.165, 1.54) is 30.3 Å². The van der Waals surface area contributed by atoms with E-state index in [9.17, 15) is 31.9 Å². The molecule has 0 unspecified atom stereocenters. The second kappa shape index (κ2) is 19.0. The van der Waals surface area contributed by atoms with Crippen LogP contribution < -0.4 is 10.9 Å². The van der Waals surface area contributed by atoms with Crippen molar-refractivity contribution in [1.29, 1.82) is 0 Å². The summed E-state index contributed by atoms with van der Waals surface area (Å²) < 4.78 is 78.5. The molecule has 0 saturated carbocycles. The third-order valence-electron chi connectivity index (χ3n) is 8.52. The topological polar surface area (TPSA) is 80.6 Å². The predicted molar refractivity (Wildman–Crippen MR) is 193 cm³/mol. The van der Waals surface area contributed by atoms with Gasteiger partial charge in [0.15, 0.2) is 0 Å². The van der Waals surface area contributed by atoms with Crippen LogP contribution in [0.4, 0.5) is 22.0 Å². The van der Waals surface area contributed by atoms with E-state index in [1.54, 1.807) is 38.9 Å². The van der Waals surface area contributed by atoms with Crippen molar-refractivity contribution in [1.82, 2.24) is 14.8 Å². The second-order valence-corrected chi connectivity index (χ2v) is 13.2. The molecule has 0 aliphatic heterocycles. The first-order valence-corrected chi connectivity index (χ1v) is 17.3. The molecule has 0 radical (unpaired) electrons. The summed E-state index contributed by atoms with van der Waals surface area (Å²) in [5.74, 6) is -3.06. The lowest BCUT2D eigenvalue weighted by molar-refractivity contribution is -0.144. The Balaban J connectivity index is 2.17. The van der Waals surface area contributed by atoms with Crippen LogP contribution >= 0.6 is 11.6 Å². The fraction of sp³-hybridized carbons (Fsp3) is 0.410. The van der Waals surface area contributed by atoms with Crippen molar-refractivity contribution in [3.05, 3.63) is 117 Å². The maximum Gasteiger partial charge on any atom is 0.416 e. The summed E-state index contributed by atoms with van der Waals surface area (Å²) in [4.78, 5) is 41.7. The maximum absolute atomic E-state index is 16.0. The number of esters is 1. The van der Waals surface area contributed by atoms with Gasteiger partial charge < -0.3 is 19.5 Å².